The molecule has 4 rings (SSSR count). The third-order valence-electron chi connectivity index (χ3n) is 5.35. The molecule has 6 nitrogen and oxygen atoms in total. The molecule has 0 spiro atoms. The van der Waals surface area contributed by atoms with Crippen molar-refractivity contribution >= 4 is 5.84 Å². The van der Waals surface area contributed by atoms with Crippen LogP contribution >= 0.6 is 0 Å². The molecule has 1 N–H and O–H groups in total. The summed E-state index contributed by atoms with van der Waals surface area (Å²) in [5.41, 5.74) is 0.0936. The second kappa shape index (κ2) is 7.90. The number of nitrogens with one attached hydrogen (secondary N) is 1. The van der Waals surface area contributed by atoms with Crippen LogP contribution in [0.5, 0.6) is 0 Å². The van der Waals surface area contributed by atoms with Gasteiger partial charge in [-0.25, -0.2) is 18.2 Å². The fraction of sp³-hybridized carbons (Fsp3) is 0.227. The number of alkyl halides is 2. The molecule has 2 aromatic heterocycles. The van der Waals surface area contributed by atoms with Crippen molar-refractivity contribution in [3.05, 3.63) is 99.5 Å². The van der Waals surface area contributed by atoms with Gasteiger partial charge in [-0.3, -0.25) is 9.78 Å². The molecule has 1 aromatic carbocycles. The Morgan fingerprint density at radius 3 is 2.42 bits per heavy atom. The monoisotopic (exact) mass is 428 g/mol. The molecule has 0 saturated heterocycles. The van der Waals surface area contributed by atoms with Crippen LogP contribution in [-0.2, 0) is 5.54 Å². The van der Waals surface area contributed by atoms with Crippen molar-refractivity contribution in [2.75, 3.05) is 7.11 Å². The van der Waals surface area contributed by atoms with Crippen LogP contribution in [0.25, 0.3) is 0 Å². The Bertz CT molecular complexity index is 1180. The second-order valence-electron chi connectivity index (χ2n) is 7.14. The van der Waals surface area contributed by atoms with Crippen LogP contribution in [0.15, 0.2) is 70.7 Å². The zero-order chi connectivity index (χ0) is 22.2. The topological polar surface area (TPSA) is 68.5 Å². The summed E-state index contributed by atoms with van der Waals surface area (Å²) < 4.78 is 40.7. The standard InChI is InChI=1S/C22H19F3N4O2/c1-13-22(15-4-7-17(23)8-5-15,16-6-9-18(20(24)25)26-11-16)28-21(27-13)14-3-10-19(30)29(12-14)31-2/h3-13,20H,1-2H3,(H,27,28)/t13-,22?/m0/s1. The number of halogens is 3. The van der Waals surface area contributed by atoms with Crippen LogP contribution in [-0.4, -0.2) is 28.7 Å². The van der Waals surface area contributed by atoms with Gasteiger partial charge in [0.2, 0.25) is 0 Å². The maximum absolute atomic E-state index is 13.6. The molecule has 0 radical (unpaired) electrons. The number of aliphatic imine (C=N–C) groups is 1. The quantitative estimate of drug-likeness (QED) is 0.678. The van der Waals surface area contributed by atoms with Gasteiger partial charge in [0.05, 0.1) is 12.2 Å². The predicted octanol–water partition coefficient (Wildman–Crippen LogP) is 3.06. The minimum absolute atomic E-state index is 0.338. The van der Waals surface area contributed by atoms with Crippen molar-refractivity contribution in [3.8, 4) is 0 Å². The van der Waals surface area contributed by atoms with Gasteiger partial charge in [-0.15, -0.1) is 0 Å². The first-order valence-electron chi connectivity index (χ1n) is 9.49. The van der Waals surface area contributed by atoms with Crippen LogP contribution in [0, 0.1) is 5.82 Å². The van der Waals surface area contributed by atoms with E-state index in [1.165, 1.54) is 43.8 Å². The van der Waals surface area contributed by atoms with Crippen molar-refractivity contribution in [2.45, 2.75) is 24.9 Å². The molecule has 0 fully saturated rings. The number of nitrogens with zero attached hydrogens (tertiary/aromatic N) is 3. The maximum atomic E-state index is 13.6. The lowest BCUT2D eigenvalue weighted by Crippen LogP contribution is -2.41. The van der Waals surface area contributed by atoms with Gasteiger partial charge in [-0.1, -0.05) is 18.2 Å². The number of rotatable bonds is 5. The number of hydrogen-bond acceptors (Lipinski definition) is 5. The van der Waals surface area contributed by atoms with Crippen molar-refractivity contribution in [1.29, 1.82) is 0 Å². The van der Waals surface area contributed by atoms with E-state index in [1.807, 2.05) is 6.92 Å². The minimum Gasteiger partial charge on any atom is -0.414 e. The van der Waals surface area contributed by atoms with E-state index >= 15 is 0 Å². The van der Waals surface area contributed by atoms with E-state index in [0.717, 1.165) is 4.73 Å². The summed E-state index contributed by atoms with van der Waals surface area (Å²) in [4.78, 5) is 25.7. The Kier molecular flexibility index (Phi) is 5.26. The van der Waals surface area contributed by atoms with Crippen LogP contribution in [0.1, 0.15) is 35.7 Å². The van der Waals surface area contributed by atoms with Crippen molar-refractivity contribution < 1.29 is 18.0 Å². The highest BCUT2D eigenvalue weighted by atomic mass is 19.3. The summed E-state index contributed by atoms with van der Waals surface area (Å²) in [6.07, 6.45) is 0.176. The van der Waals surface area contributed by atoms with Gasteiger partial charge in [-0.2, -0.15) is 4.73 Å². The molecule has 0 bridgehead atoms. The zero-order valence-electron chi connectivity index (χ0n) is 16.7. The van der Waals surface area contributed by atoms with Crippen molar-refractivity contribution in [2.24, 2.45) is 4.99 Å². The fourth-order valence-electron chi connectivity index (χ4n) is 3.77. The Morgan fingerprint density at radius 1 is 1.10 bits per heavy atom. The summed E-state index contributed by atoms with van der Waals surface area (Å²) >= 11 is 0. The lowest BCUT2D eigenvalue weighted by molar-refractivity contribution is 0.146. The van der Waals surface area contributed by atoms with Gasteiger partial charge in [0.25, 0.3) is 12.0 Å². The SMILES string of the molecule is COn1cc(C2=NC(c3ccc(F)cc3)(c3ccc(C(F)F)nc3)[C@H](C)N2)ccc1=O. The molecular weight excluding hydrogens is 409 g/mol. The highest BCUT2D eigenvalue weighted by molar-refractivity contribution is 6.00. The van der Waals surface area contributed by atoms with E-state index in [4.69, 9.17) is 9.83 Å². The fourth-order valence-corrected chi connectivity index (χ4v) is 3.77. The summed E-state index contributed by atoms with van der Waals surface area (Å²) in [6.45, 7) is 1.88. The van der Waals surface area contributed by atoms with Crippen LogP contribution in [0.4, 0.5) is 13.2 Å². The highest BCUT2D eigenvalue weighted by Gasteiger charge is 2.45. The van der Waals surface area contributed by atoms with Gasteiger partial charge in [0, 0.05) is 23.4 Å². The van der Waals surface area contributed by atoms with E-state index in [1.54, 1.807) is 24.3 Å². The summed E-state index contributed by atoms with van der Waals surface area (Å²) in [5, 5.41) is 3.29. The normalized spacial score (nSPS) is 20.5. The van der Waals surface area contributed by atoms with Crippen LogP contribution < -0.4 is 15.7 Å². The van der Waals surface area contributed by atoms with E-state index in [9.17, 15) is 18.0 Å². The van der Waals surface area contributed by atoms with Gasteiger partial charge < -0.3 is 10.2 Å². The number of amidine groups is 1. The molecule has 160 valence electrons. The predicted molar refractivity (Wildman–Crippen MR) is 109 cm³/mol. The lowest BCUT2D eigenvalue weighted by atomic mass is 9.79. The van der Waals surface area contributed by atoms with E-state index in [0.29, 0.717) is 22.5 Å². The lowest BCUT2D eigenvalue weighted by Gasteiger charge is -2.31. The molecule has 1 aliphatic rings. The summed E-state index contributed by atoms with van der Waals surface area (Å²) in [6, 6.07) is 11.3. The summed E-state index contributed by atoms with van der Waals surface area (Å²) in [5.74, 6) is 0.0700. The number of hydrogen-bond donors (Lipinski definition) is 1. The molecule has 3 heterocycles. The van der Waals surface area contributed by atoms with Crippen molar-refractivity contribution in [1.82, 2.24) is 15.0 Å². The second-order valence-corrected chi connectivity index (χ2v) is 7.14. The molecule has 0 amide bonds. The highest BCUT2D eigenvalue weighted by Crippen LogP contribution is 2.41. The smallest absolute Gasteiger partial charge is 0.282 e. The molecule has 1 unspecified atom stereocenters. The Hall–Kier alpha value is -3.62. The average molecular weight is 428 g/mol. The van der Waals surface area contributed by atoms with E-state index in [-0.39, 0.29) is 17.3 Å². The molecule has 9 heteroatoms. The van der Waals surface area contributed by atoms with E-state index < -0.39 is 17.8 Å². The first-order valence-corrected chi connectivity index (χ1v) is 9.49. The number of benzene rings is 1. The molecular formula is C22H19F3N4O2. The van der Waals surface area contributed by atoms with Crippen molar-refractivity contribution in [3.63, 3.8) is 0 Å². The number of pyridine rings is 2. The molecule has 31 heavy (non-hydrogen) atoms. The van der Waals surface area contributed by atoms with Gasteiger partial charge in [0.1, 0.15) is 30.0 Å². The third-order valence-corrected chi connectivity index (χ3v) is 5.35. The zero-order valence-corrected chi connectivity index (χ0v) is 16.7. The summed E-state index contributed by atoms with van der Waals surface area (Å²) in [7, 11) is 1.37. The number of aromatic nitrogens is 2. The van der Waals surface area contributed by atoms with Gasteiger partial charge >= 0.3 is 0 Å². The Morgan fingerprint density at radius 2 is 1.81 bits per heavy atom. The van der Waals surface area contributed by atoms with Gasteiger partial charge in [0.15, 0.2) is 0 Å². The molecule has 0 aliphatic carbocycles. The first-order chi connectivity index (χ1) is 14.8. The van der Waals surface area contributed by atoms with E-state index in [2.05, 4.69) is 10.3 Å². The van der Waals surface area contributed by atoms with Gasteiger partial charge in [-0.05, 0) is 36.8 Å². The average Bonchev–Trinajstić information content (AvgIpc) is 3.12. The minimum atomic E-state index is -2.69. The third kappa shape index (κ3) is 3.56. The van der Waals surface area contributed by atoms with Crippen LogP contribution in [0.2, 0.25) is 0 Å². The first kappa shape index (κ1) is 20.6. The molecule has 3 aromatic rings. The molecule has 1 aliphatic heterocycles. The maximum Gasteiger partial charge on any atom is 0.282 e. The molecule has 2 atom stereocenters. The molecule has 0 saturated carbocycles. The Labute approximate surface area is 176 Å². The largest absolute Gasteiger partial charge is 0.414 e. The van der Waals surface area contributed by atoms with Crippen LogP contribution in [0.3, 0.4) is 0 Å². The Balaban J connectivity index is 1.90.